The van der Waals surface area contributed by atoms with E-state index in [0.29, 0.717) is 12.2 Å². The minimum Gasteiger partial charge on any atom is -0.344 e. The van der Waals surface area contributed by atoms with Crippen molar-refractivity contribution in [2.24, 2.45) is 0 Å². The second-order valence-electron chi connectivity index (χ2n) is 6.35. The maximum Gasteiger partial charge on any atom is 0.268 e. The fourth-order valence-corrected chi connectivity index (χ4v) is 4.39. The molecule has 1 unspecified atom stereocenters. The molecule has 0 saturated heterocycles. The lowest BCUT2D eigenvalue weighted by Gasteiger charge is -2.26. The summed E-state index contributed by atoms with van der Waals surface area (Å²) in [7, 11) is 0. The molecule has 1 atom stereocenters. The van der Waals surface area contributed by atoms with Crippen molar-refractivity contribution >= 4 is 17.7 Å². The Labute approximate surface area is 156 Å². The number of hydrogen-bond acceptors (Lipinski definition) is 2. The molecule has 1 aromatic heterocycles. The lowest BCUT2D eigenvalue weighted by molar-refractivity contribution is 0.0926. The highest BCUT2D eigenvalue weighted by Gasteiger charge is 2.24. The van der Waals surface area contributed by atoms with Gasteiger partial charge in [-0.2, -0.15) is 0 Å². The Hall–Kier alpha value is -2.53. The second-order valence-corrected chi connectivity index (χ2v) is 7.49. The Bertz CT molecular complexity index is 923. The van der Waals surface area contributed by atoms with Gasteiger partial charge in [0.1, 0.15) is 11.5 Å². The maximum absolute atomic E-state index is 13.7. The molecule has 1 aliphatic rings. The number of fused-ring (bicyclic) bond motifs is 1. The molecule has 0 aliphatic carbocycles. The molecule has 1 amide bonds. The van der Waals surface area contributed by atoms with Crippen LogP contribution in [0.15, 0.2) is 71.8 Å². The average molecular weight is 366 g/mol. The Kier molecular flexibility index (Phi) is 4.80. The predicted octanol–water partition coefficient (Wildman–Crippen LogP) is 4.64. The maximum atomic E-state index is 13.7. The topological polar surface area (TPSA) is 34.0 Å². The molecular weight excluding hydrogens is 347 g/mol. The number of nitrogens with zero attached hydrogens (tertiary/aromatic N) is 1. The highest BCUT2D eigenvalue weighted by Crippen LogP contribution is 2.36. The van der Waals surface area contributed by atoms with Crippen molar-refractivity contribution in [3.8, 4) is 0 Å². The van der Waals surface area contributed by atoms with Crippen molar-refractivity contribution in [3.05, 3.63) is 89.5 Å². The fraction of sp³-hybridized carbons (Fsp3) is 0.190. The van der Waals surface area contributed by atoms with E-state index in [-0.39, 0.29) is 17.8 Å². The van der Waals surface area contributed by atoms with E-state index in [2.05, 4.69) is 5.32 Å². The molecule has 3 aromatic rings. The molecule has 0 saturated carbocycles. The zero-order chi connectivity index (χ0) is 17.9. The molecule has 0 radical (unpaired) electrons. The van der Waals surface area contributed by atoms with Crippen molar-refractivity contribution in [1.29, 1.82) is 0 Å². The number of aromatic nitrogens is 1. The molecule has 3 nitrogen and oxygen atoms in total. The van der Waals surface area contributed by atoms with Gasteiger partial charge in [0.15, 0.2) is 0 Å². The number of carbonyl (C=O) groups is 1. The van der Waals surface area contributed by atoms with Gasteiger partial charge < -0.3 is 9.88 Å². The van der Waals surface area contributed by atoms with Crippen LogP contribution in [-0.4, -0.2) is 16.2 Å². The third-order valence-corrected chi connectivity index (χ3v) is 5.70. The van der Waals surface area contributed by atoms with Crippen molar-refractivity contribution < 1.29 is 9.18 Å². The van der Waals surface area contributed by atoms with Crippen LogP contribution < -0.4 is 5.32 Å². The molecule has 2 aromatic carbocycles. The average Bonchev–Trinajstić information content (AvgIpc) is 3.11. The van der Waals surface area contributed by atoms with Crippen molar-refractivity contribution in [3.63, 3.8) is 0 Å². The third kappa shape index (κ3) is 3.53. The van der Waals surface area contributed by atoms with Gasteiger partial charge in [-0.05, 0) is 47.9 Å². The smallest absolute Gasteiger partial charge is 0.268 e. The summed E-state index contributed by atoms with van der Waals surface area (Å²) in [6.07, 6.45) is 2.71. The molecule has 4 rings (SSSR count). The Morgan fingerprint density at radius 2 is 2.00 bits per heavy atom. The number of halogens is 1. The molecular formula is C21H19FN2OS. The van der Waals surface area contributed by atoms with Gasteiger partial charge in [0.2, 0.25) is 0 Å². The van der Waals surface area contributed by atoms with Gasteiger partial charge in [0, 0.05) is 23.4 Å². The van der Waals surface area contributed by atoms with Crippen LogP contribution in [0.2, 0.25) is 0 Å². The number of hydrogen-bond donors (Lipinski definition) is 1. The van der Waals surface area contributed by atoms with Crippen LogP contribution >= 0.6 is 11.8 Å². The van der Waals surface area contributed by atoms with E-state index >= 15 is 0 Å². The minimum absolute atomic E-state index is 0.127. The van der Waals surface area contributed by atoms with Crippen molar-refractivity contribution in [2.45, 2.75) is 23.9 Å². The summed E-state index contributed by atoms with van der Waals surface area (Å²) in [5.41, 5.74) is 2.63. The summed E-state index contributed by atoms with van der Waals surface area (Å²) < 4.78 is 15.6. The van der Waals surface area contributed by atoms with Crippen molar-refractivity contribution in [2.75, 3.05) is 5.75 Å². The lowest BCUT2D eigenvalue weighted by atomic mass is 10.0. The van der Waals surface area contributed by atoms with E-state index in [0.717, 1.165) is 28.2 Å². The third-order valence-electron chi connectivity index (χ3n) is 4.57. The normalized spacial score (nSPS) is 16.1. The molecule has 1 aliphatic heterocycles. The molecule has 132 valence electrons. The fourth-order valence-electron chi connectivity index (χ4n) is 3.29. The molecule has 0 spiro atoms. The minimum atomic E-state index is -0.266. The summed E-state index contributed by atoms with van der Waals surface area (Å²) in [5, 5.41) is 3.09. The van der Waals surface area contributed by atoms with E-state index in [4.69, 9.17) is 0 Å². The second kappa shape index (κ2) is 7.38. The van der Waals surface area contributed by atoms with Crippen LogP contribution in [-0.2, 0) is 6.54 Å². The van der Waals surface area contributed by atoms with Crippen LogP contribution in [0.4, 0.5) is 4.39 Å². The summed E-state index contributed by atoms with van der Waals surface area (Å²) in [4.78, 5) is 13.9. The summed E-state index contributed by atoms with van der Waals surface area (Å²) in [6, 6.07) is 18.4. The first-order valence-electron chi connectivity index (χ1n) is 8.63. The molecule has 0 bridgehead atoms. The number of benzene rings is 2. The highest BCUT2D eigenvalue weighted by atomic mass is 32.2. The summed E-state index contributed by atoms with van der Waals surface area (Å²) in [6.45, 7) is 0.641. The number of nitrogens with one attached hydrogen (secondary N) is 1. The van der Waals surface area contributed by atoms with Gasteiger partial charge in [-0.3, -0.25) is 4.79 Å². The lowest BCUT2D eigenvalue weighted by Crippen LogP contribution is -2.32. The van der Waals surface area contributed by atoms with Gasteiger partial charge in [0.05, 0.1) is 6.04 Å². The SMILES string of the molecule is O=C(NC1CCSc2ccc(F)cc21)c1cccn1Cc1ccccc1. The first-order chi connectivity index (χ1) is 12.7. The number of amides is 1. The Balaban J connectivity index is 1.54. The zero-order valence-corrected chi connectivity index (χ0v) is 15.0. The van der Waals surface area contributed by atoms with Gasteiger partial charge in [-0.25, -0.2) is 4.39 Å². The Morgan fingerprint density at radius 1 is 1.15 bits per heavy atom. The molecule has 5 heteroatoms. The molecule has 0 fully saturated rings. The monoisotopic (exact) mass is 366 g/mol. The van der Waals surface area contributed by atoms with Crippen LogP contribution in [0.1, 0.15) is 34.1 Å². The number of rotatable bonds is 4. The first kappa shape index (κ1) is 16.9. The number of thioether (sulfide) groups is 1. The summed E-state index contributed by atoms with van der Waals surface area (Å²) in [5.74, 6) is 0.519. The van der Waals surface area contributed by atoms with Crippen LogP contribution in [0.25, 0.3) is 0 Å². The van der Waals surface area contributed by atoms with E-state index in [9.17, 15) is 9.18 Å². The van der Waals surface area contributed by atoms with Crippen LogP contribution in [0, 0.1) is 5.82 Å². The van der Waals surface area contributed by atoms with Crippen LogP contribution in [0.3, 0.4) is 0 Å². The van der Waals surface area contributed by atoms with Crippen LogP contribution in [0.5, 0.6) is 0 Å². The standard InChI is InChI=1S/C21H19FN2OS/c22-16-8-9-20-17(13-16)18(10-12-26-20)23-21(25)19-7-4-11-24(19)14-15-5-2-1-3-6-15/h1-9,11,13,18H,10,12,14H2,(H,23,25). The van der Waals surface area contributed by atoms with Gasteiger partial charge in [-0.1, -0.05) is 30.3 Å². The quantitative estimate of drug-likeness (QED) is 0.730. The largest absolute Gasteiger partial charge is 0.344 e. The predicted molar refractivity (Wildman–Crippen MR) is 102 cm³/mol. The van der Waals surface area contributed by atoms with Gasteiger partial charge in [0.25, 0.3) is 5.91 Å². The first-order valence-corrected chi connectivity index (χ1v) is 9.61. The van der Waals surface area contributed by atoms with E-state index in [1.165, 1.54) is 12.1 Å². The van der Waals surface area contributed by atoms with Gasteiger partial charge in [-0.15, -0.1) is 11.8 Å². The summed E-state index contributed by atoms with van der Waals surface area (Å²) >= 11 is 1.71. The van der Waals surface area contributed by atoms with E-state index in [1.807, 2.05) is 53.2 Å². The highest BCUT2D eigenvalue weighted by molar-refractivity contribution is 7.99. The number of carbonyl (C=O) groups excluding carboxylic acids is 1. The van der Waals surface area contributed by atoms with E-state index < -0.39 is 0 Å². The molecule has 2 heterocycles. The zero-order valence-electron chi connectivity index (χ0n) is 14.2. The van der Waals surface area contributed by atoms with Gasteiger partial charge >= 0.3 is 0 Å². The molecule has 26 heavy (non-hydrogen) atoms. The molecule has 1 N–H and O–H groups in total. The van der Waals surface area contributed by atoms with Crippen molar-refractivity contribution in [1.82, 2.24) is 9.88 Å². The Morgan fingerprint density at radius 3 is 2.85 bits per heavy atom. The van der Waals surface area contributed by atoms with E-state index in [1.54, 1.807) is 17.8 Å².